The summed E-state index contributed by atoms with van der Waals surface area (Å²) in [5, 5.41) is -0.357. The van der Waals surface area contributed by atoms with E-state index < -0.39 is 49.2 Å². The first kappa shape index (κ1) is 24.2. The van der Waals surface area contributed by atoms with Crippen LogP contribution in [-0.2, 0) is 10.0 Å². The summed E-state index contributed by atoms with van der Waals surface area (Å²) in [5.41, 5.74) is 1.56. The lowest BCUT2D eigenvalue weighted by molar-refractivity contribution is 0.556. The van der Waals surface area contributed by atoms with E-state index in [1.807, 2.05) is 4.72 Å². The Balaban J connectivity index is 1.73. The number of hydrogen-bond donors (Lipinski definition) is 2. The third kappa shape index (κ3) is 3.98. The van der Waals surface area contributed by atoms with Crippen molar-refractivity contribution in [1.82, 2.24) is 19.1 Å². The van der Waals surface area contributed by atoms with E-state index in [9.17, 15) is 22.4 Å². The molecule has 2 aromatic carbocycles. The van der Waals surface area contributed by atoms with E-state index in [-0.39, 0.29) is 37.6 Å². The number of sulfonamides is 1. The number of aromatic nitrogens is 4. The van der Waals surface area contributed by atoms with E-state index in [0.717, 1.165) is 22.9 Å². The highest BCUT2D eigenvalue weighted by molar-refractivity contribution is 7.92. The molecule has 2 heterocycles. The van der Waals surface area contributed by atoms with Gasteiger partial charge in [0.1, 0.15) is 16.0 Å². The molecule has 15 heteroatoms. The molecule has 1 aliphatic carbocycles. The van der Waals surface area contributed by atoms with E-state index in [0.29, 0.717) is 18.9 Å². The molecule has 0 aliphatic heterocycles. The van der Waals surface area contributed by atoms with Crippen molar-refractivity contribution in [3.05, 3.63) is 79.0 Å². The number of anilines is 2. The molecule has 0 bridgehead atoms. The molecule has 186 valence electrons. The average Bonchev–Trinajstić information content (AvgIpc) is 3.64. The van der Waals surface area contributed by atoms with Gasteiger partial charge in [0.15, 0.2) is 17.3 Å². The van der Waals surface area contributed by atoms with Gasteiger partial charge in [-0.2, -0.15) is 4.98 Å². The Morgan fingerprint density at radius 1 is 1.11 bits per heavy atom. The summed E-state index contributed by atoms with van der Waals surface area (Å²) in [4.78, 5) is 33.8. The van der Waals surface area contributed by atoms with Gasteiger partial charge in [0, 0.05) is 17.3 Å². The fraction of sp³-hybridized carbons (Fsp3) is 0.143. The first-order valence-corrected chi connectivity index (χ1v) is 12.5. The fourth-order valence-electron chi connectivity index (χ4n) is 3.69. The monoisotopic (exact) mass is 554 g/mol. The summed E-state index contributed by atoms with van der Waals surface area (Å²) >= 11 is 11.8. The topological polar surface area (TPSA) is 142 Å². The minimum atomic E-state index is -4.51. The van der Waals surface area contributed by atoms with Gasteiger partial charge in [-0.05, 0) is 43.2 Å². The maximum absolute atomic E-state index is 15.6. The quantitative estimate of drug-likeness (QED) is 0.385. The van der Waals surface area contributed by atoms with Gasteiger partial charge in [-0.3, -0.25) is 14.1 Å². The SMILES string of the molecule is Nc1ncc2c(=O)n(-c3c(F)ccc(NS(=O)(=O)c4cc(Cl)ccc4Cl)c3F)c(=O)n(C3CC3)c2n1. The molecule has 0 unspecified atom stereocenters. The normalized spacial score (nSPS) is 13.8. The second-order valence-corrected chi connectivity index (χ2v) is 10.4. The smallest absolute Gasteiger partial charge is 0.337 e. The van der Waals surface area contributed by atoms with Crippen LogP contribution in [0.5, 0.6) is 0 Å². The number of rotatable bonds is 5. The van der Waals surface area contributed by atoms with Gasteiger partial charge in [-0.1, -0.05) is 23.2 Å². The molecule has 1 aliphatic rings. The lowest BCUT2D eigenvalue weighted by Crippen LogP contribution is -2.40. The first-order valence-electron chi connectivity index (χ1n) is 10.3. The van der Waals surface area contributed by atoms with Crippen molar-refractivity contribution in [3.63, 3.8) is 0 Å². The number of hydrogen-bond acceptors (Lipinski definition) is 7. The Morgan fingerprint density at radius 3 is 2.53 bits per heavy atom. The number of fused-ring (bicyclic) bond motifs is 1. The number of nitrogen functional groups attached to an aromatic ring is 1. The van der Waals surface area contributed by atoms with Gasteiger partial charge in [0.2, 0.25) is 5.95 Å². The van der Waals surface area contributed by atoms with E-state index in [4.69, 9.17) is 28.9 Å². The lowest BCUT2D eigenvalue weighted by atomic mass is 10.2. The molecule has 10 nitrogen and oxygen atoms in total. The van der Waals surface area contributed by atoms with Gasteiger partial charge in [0.25, 0.3) is 15.6 Å². The van der Waals surface area contributed by atoms with Crippen LogP contribution in [0.15, 0.2) is 51.0 Å². The zero-order valence-electron chi connectivity index (χ0n) is 17.9. The standard InChI is InChI=1S/C21H14Cl2F2N6O4S/c22-9-1-4-12(23)15(7-9)36(34,35)29-14-6-5-13(24)17(16(14)25)31-19(32)11-8-27-20(26)28-18(11)30(21(31)33)10-2-3-10/h1,4-8,10,29H,2-3H2,(H2,26,27,28). The van der Waals surface area contributed by atoms with Crippen LogP contribution in [0.2, 0.25) is 10.0 Å². The van der Waals surface area contributed by atoms with Gasteiger partial charge in [-0.15, -0.1) is 0 Å². The molecule has 5 rings (SSSR count). The van der Waals surface area contributed by atoms with Crippen molar-refractivity contribution in [2.24, 2.45) is 0 Å². The molecule has 0 atom stereocenters. The number of benzene rings is 2. The highest BCUT2D eigenvalue weighted by Gasteiger charge is 2.32. The van der Waals surface area contributed by atoms with Crippen molar-refractivity contribution >= 4 is 55.9 Å². The number of nitrogens with two attached hydrogens (primary N) is 1. The fourth-order valence-corrected chi connectivity index (χ4v) is 5.52. The van der Waals surface area contributed by atoms with Crippen molar-refractivity contribution in [2.75, 3.05) is 10.5 Å². The highest BCUT2D eigenvalue weighted by atomic mass is 35.5. The Morgan fingerprint density at radius 2 is 1.83 bits per heavy atom. The van der Waals surface area contributed by atoms with Gasteiger partial charge >= 0.3 is 5.69 Å². The Hall–Kier alpha value is -3.55. The second-order valence-electron chi connectivity index (χ2n) is 7.93. The second kappa shape index (κ2) is 8.54. The van der Waals surface area contributed by atoms with Crippen LogP contribution in [0, 0.1) is 11.6 Å². The van der Waals surface area contributed by atoms with Crippen LogP contribution in [0.25, 0.3) is 16.7 Å². The maximum Gasteiger partial charge on any atom is 0.337 e. The van der Waals surface area contributed by atoms with E-state index in [2.05, 4.69) is 9.97 Å². The largest absolute Gasteiger partial charge is 0.368 e. The first-order chi connectivity index (χ1) is 17.0. The third-order valence-electron chi connectivity index (χ3n) is 5.48. The molecule has 1 saturated carbocycles. The van der Waals surface area contributed by atoms with Crippen molar-refractivity contribution in [3.8, 4) is 5.69 Å². The van der Waals surface area contributed by atoms with E-state index in [1.54, 1.807) is 0 Å². The minimum absolute atomic E-state index is 0.0474. The molecule has 36 heavy (non-hydrogen) atoms. The number of nitrogens with one attached hydrogen (secondary N) is 1. The third-order valence-corrected chi connectivity index (χ3v) is 7.56. The van der Waals surface area contributed by atoms with Crippen LogP contribution in [0.1, 0.15) is 18.9 Å². The van der Waals surface area contributed by atoms with Gasteiger partial charge < -0.3 is 5.73 Å². The highest BCUT2D eigenvalue weighted by Crippen LogP contribution is 2.35. The van der Waals surface area contributed by atoms with E-state index >= 15 is 4.39 Å². The van der Waals surface area contributed by atoms with Gasteiger partial charge in [0.05, 0.1) is 10.7 Å². The molecule has 0 saturated heterocycles. The van der Waals surface area contributed by atoms with E-state index in [1.165, 1.54) is 12.1 Å². The predicted octanol–water partition coefficient (Wildman–Crippen LogP) is 3.25. The maximum atomic E-state index is 15.6. The van der Waals surface area contributed by atoms with Crippen LogP contribution < -0.4 is 21.7 Å². The Labute approximate surface area is 211 Å². The lowest BCUT2D eigenvalue weighted by Gasteiger charge is -2.16. The van der Waals surface area contributed by atoms with Crippen molar-refractivity contribution in [2.45, 2.75) is 23.8 Å². The average molecular weight is 555 g/mol. The summed E-state index contributed by atoms with van der Waals surface area (Å²) in [7, 11) is -4.51. The molecule has 3 N–H and O–H groups in total. The summed E-state index contributed by atoms with van der Waals surface area (Å²) in [6, 6.07) is 4.79. The zero-order valence-corrected chi connectivity index (χ0v) is 20.2. The van der Waals surface area contributed by atoms with Crippen LogP contribution in [0.3, 0.4) is 0 Å². The summed E-state index contributed by atoms with van der Waals surface area (Å²) in [6.07, 6.45) is 2.20. The molecule has 0 radical (unpaired) electrons. The van der Waals surface area contributed by atoms with Crippen LogP contribution >= 0.6 is 23.2 Å². The summed E-state index contributed by atoms with van der Waals surface area (Å²) < 4.78 is 59.7. The molecule has 1 fully saturated rings. The summed E-state index contributed by atoms with van der Waals surface area (Å²) in [5.74, 6) is -2.98. The van der Waals surface area contributed by atoms with Gasteiger partial charge in [-0.25, -0.2) is 31.5 Å². The molecule has 4 aromatic rings. The predicted molar refractivity (Wildman–Crippen MR) is 129 cm³/mol. The summed E-state index contributed by atoms with van der Waals surface area (Å²) in [6.45, 7) is 0. The molecular formula is C21H14Cl2F2N6O4S. The molecule has 2 aromatic heterocycles. The van der Waals surface area contributed by atoms with Crippen LogP contribution in [-0.4, -0.2) is 27.5 Å². The number of halogens is 4. The Kier molecular flexibility index (Phi) is 5.73. The molecule has 0 spiro atoms. The van der Waals surface area contributed by atoms with Crippen LogP contribution in [0.4, 0.5) is 20.4 Å². The minimum Gasteiger partial charge on any atom is -0.368 e. The van der Waals surface area contributed by atoms with Crippen molar-refractivity contribution < 1.29 is 17.2 Å². The van der Waals surface area contributed by atoms with Crippen molar-refractivity contribution in [1.29, 1.82) is 0 Å². The molecule has 0 amide bonds. The number of nitrogens with zero attached hydrogens (tertiary/aromatic N) is 4. The molecular weight excluding hydrogens is 541 g/mol. The zero-order chi connectivity index (χ0) is 25.9. The Bertz CT molecular complexity index is 1810.